The van der Waals surface area contributed by atoms with Crippen molar-refractivity contribution in [3.8, 4) is 0 Å². The monoisotopic (exact) mass is 324 g/mol. The van der Waals surface area contributed by atoms with Crippen molar-refractivity contribution in [1.29, 1.82) is 0 Å². The van der Waals surface area contributed by atoms with Gasteiger partial charge in [0, 0.05) is 19.1 Å². The van der Waals surface area contributed by atoms with Crippen LogP contribution < -0.4 is 5.32 Å². The van der Waals surface area contributed by atoms with Crippen LogP contribution in [0.3, 0.4) is 0 Å². The lowest BCUT2D eigenvalue weighted by molar-refractivity contribution is 0.391. The van der Waals surface area contributed by atoms with Crippen LogP contribution in [-0.4, -0.2) is 16.1 Å². The molecule has 2 aromatic carbocycles. The van der Waals surface area contributed by atoms with Crippen LogP contribution in [0.4, 0.5) is 0 Å². The molecule has 1 aliphatic carbocycles. The van der Waals surface area contributed by atoms with Gasteiger partial charge in [0.1, 0.15) is 0 Å². The van der Waals surface area contributed by atoms with Crippen molar-refractivity contribution < 1.29 is 0 Å². The van der Waals surface area contributed by atoms with Crippen LogP contribution in [0.1, 0.15) is 36.8 Å². The molecule has 120 valence electrons. The summed E-state index contributed by atoms with van der Waals surface area (Å²) in [5.74, 6) is 0. The summed E-state index contributed by atoms with van der Waals surface area (Å²) in [6.07, 6.45) is 5.12. The maximum atomic E-state index is 5.73. The normalized spacial score (nSPS) is 14.6. The topological polar surface area (TPSA) is 15.3 Å². The Hall–Kier alpha value is -1.87. The third-order valence-corrected chi connectivity index (χ3v) is 4.78. The van der Waals surface area contributed by atoms with E-state index in [1.165, 1.54) is 36.8 Å². The SMILES string of the molecule is S=C(NC1CCCC1)N(Cc1ccccc1)Cc1ccccc1. The van der Waals surface area contributed by atoms with Gasteiger partial charge < -0.3 is 10.2 Å². The molecule has 2 aromatic rings. The molecule has 1 saturated carbocycles. The van der Waals surface area contributed by atoms with Crippen LogP contribution in [0.25, 0.3) is 0 Å². The highest BCUT2D eigenvalue weighted by molar-refractivity contribution is 7.80. The van der Waals surface area contributed by atoms with Gasteiger partial charge in [-0.05, 0) is 36.2 Å². The van der Waals surface area contributed by atoms with Gasteiger partial charge in [-0.2, -0.15) is 0 Å². The fraction of sp³-hybridized carbons (Fsp3) is 0.350. The molecule has 3 rings (SSSR count). The van der Waals surface area contributed by atoms with Crippen molar-refractivity contribution in [2.75, 3.05) is 0 Å². The van der Waals surface area contributed by atoms with Crippen LogP contribution in [0.2, 0.25) is 0 Å². The number of thiocarbonyl (C=S) groups is 1. The van der Waals surface area contributed by atoms with Crippen LogP contribution >= 0.6 is 12.2 Å². The Labute approximate surface area is 144 Å². The van der Waals surface area contributed by atoms with Crippen LogP contribution in [0.15, 0.2) is 60.7 Å². The zero-order chi connectivity index (χ0) is 15.9. The van der Waals surface area contributed by atoms with E-state index in [-0.39, 0.29) is 0 Å². The average molecular weight is 324 g/mol. The minimum Gasteiger partial charge on any atom is -0.360 e. The van der Waals surface area contributed by atoms with Gasteiger partial charge in [0.25, 0.3) is 0 Å². The summed E-state index contributed by atoms with van der Waals surface area (Å²) >= 11 is 5.73. The first-order valence-corrected chi connectivity index (χ1v) is 8.85. The molecule has 1 aliphatic rings. The molecule has 23 heavy (non-hydrogen) atoms. The minimum atomic E-state index is 0.552. The third-order valence-electron chi connectivity index (χ3n) is 4.40. The van der Waals surface area contributed by atoms with E-state index in [1.807, 2.05) is 0 Å². The second-order valence-corrected chi connectivity index (χ2v) is 6.64. The Balaban J connectivity index is 1.70. The van der Waals surface area contributed by atoms with E-state index < -0.39 is 0 Å². The Kier molecular flexibility index (Phi) is 5.65. The van der Waals surface area contributed by atoms with Gasteiger partial charge in [-0.1, -0.05) is 73.5 Å². The number of benzene rings is 2. The van der Waals surface area contributed by atoms with E-state index >= 15 is 0 Å². The fourth-order valence-corrected chi connectivity index (χ4v) is 3.44. The van der Waals surface area contributed by atoms with Gasteiger partial charge in [-0.3, -0.25) is 0 Å². The molecule has 0 atom stereocenters. The Morgan fingerprint density at radius 2 is 1.35 bits per heavy atom. The first-order chi connectivity index (χ1) is 11.3. The lowest BCUT2D eigenvalue weighted by atomic mass is 10.2. The average Bonchev–Trinajstić information content (AvgIpc) is 3.09. The van der Waals surface area contributed by atoms with Crippen molar-refractivity contribution in [2.24, 2.45) is 0 Å². The minimum absolute atomic E-state index is 0.552. The summed E-state index contributed by atoms with van der Waals surface area (Å²) in [5.41, 5.74) is 2.58. The van der Waals surface area contributed by atoms with E-state index in [0.29, 0.717) is 6.04 Å². The highest BCUT2D eigenvalue weighted by Crippen LogP contribution is 2.19. The first-order valence-electron chi connectivity index (χ1n) is 8.44. The molecule has 0 aromatic heterocycles. The molecule has 3 heteroatoms. The first kappa shape index (κ1) is 16.0. The van der Waals surface area contributed by atoms with Crippen LogP contribution in [0, 0.1) is 0 Å². The number of nitrogens with zero attached hydrogens (tertiary/aromatic N) is 1. The number of hydrogen-bond acceptors (Lipinski definition) is 1. The van der Waals surface area contributed by atoms with Gasteiger partial charge in [-0.15, -0.1) is 0 Å². The van der Waals surface area contributed by atoms with Crippen LogP contribution in [0.5, 0.6) is 0 Å². The highest BCUT2D eigenvalue weighted by Gasteiger charge is 2.18. The number of nitrogens with one attached hydrogen (secondary N) is 1. The lowest BCUT2D eigenvalue weighted by Crippen LogP contribution is -2.43. The van der Waals surface area contributed by atoms with Gasteiger partial charge in [-0.25, -0.2) is 0 Å². The van der Waals surface area contributed by atoms with Crippen molar-refractivity contribution in [3.63, 3.8) is 0 Å². The van der Waals surface area contributed by atoms with E-state index in [1.54, 1.807) is 0 Å². The molecule has 0 aliphatic heterocycles. The van der Waals surface area contributed by atoms with Gasteiger partial charge in [0.15, 0.2) is 5.11 Å². The Bertz CT molecular complexity index is 565. The molecular weight excluding hydrogens is 300 g/mol. The molecule has 0 amide bonds. The predicted octanol–water partition coefficient (Wildman–Crippen LogP) is 4.51. The maximum absolute atomic E-state index is 5.73. The number of rotatable bonds is 5. The molecule has 2 nitrogen and oxygen atoms in total. The van der Waals surface area contributed by atoms with Crippen LogP contribution in [-0.2, 0) is 13.1 Å². The van der Waals surface area contributed by atoms with Crippen molar-refractivity contribution in [2.45, 2.75) is 44.8 Å². The van der Waals surface area contributed by atoms with E-state index in [0.717, 1.165) is 18.2 Å². The van der Waals surface area contributed by atoms with E-state index in [2.05, 4.69) is 70.9 Å². The Morgan fingerprint density at radius 3 is 1.83 bits per heavy atom. The Morgan fingerprint density at radius 1 is 0.870 bits per heavy atom. The summed E-state index contributed by atoms with van der Waals surface area (Å²) in [7, 11) is 0. The van der Waals surface area contributed by atoms with Crippen molar-refractivity contribution >= 4 is 17.3 Å². The molecule has 0 bridgehead atoms. The largest absolute Gasteiger partial charge is 0.360 e. The lowest BCUT2D eigenvalue weighted by Gasteiger charge is -2.28. The smallest absolute Gasteiger partial charge is 0.169 e. The number of hydrogen-bond donors (Lipinski definition) is 1. The van der Waals surface area contributed by atoms with Gasteiger partial charge in [0.2, 0.25) is 0 Å². The molecular formula is C20H24N2S. The van der Waals surface area contributed by atoms with Crippen molar-refractivity contribution in [3.05, 3.63) is 71.8 Å². The third kappa shape index (κ3) is 4.80. The fourth-order valence-electron chi connectivity index (χ4n) is 3.14. The molecule has 0 spiro atoms. The summed E-state index contributed by atoms with van der Waals surface area (Å²) in [6.45, 7) is 1.68. The summed E-state index contributed by atoms with van der Waals surface area (Å²) in [4.78, 5) is 2.28. The summed E-state index contributed by atoms with van der Waals surface area (Å²) < 4.78 is 0. The molecule has 1 N–H and O–H groups in total. The quantitative estimate of drug-likeness (QED) is 0.815. The molecule has 0 saturated heterocycles. The predicted molar refractivity (Wildman–Crippen MR) is 100 cm³/mol. The highest BCUT2D eigenvalue weighted by atomic mass is 32.1. The molecule has 0 heterocycles. The van der Waals surface area contributed by atoms with Gasteiger partial charge >= 0.3 is 0 Å². The van der Waals surface area contributed by atoms with Crippen molar-refractivity contribution in [1.82, 2.24) is 10.2 Å². The summed E-state index contributed by atoms with van der Waals surface area (Å²) in [5, 5.41) is 4.46. The zero-order valence-corrected chi connectivity index (χ0v) is 14.3. The molecule has 1 fully saturated rings. The molecule has 0 radical (unpaired) electrons. The second-order valence-electron chi connectivity index (χ2n) is 6.26. The zero-order valence-electron chi connectivity index (χ0n) is 13.4. The van der Waals surface area contributed by atoms with E-state index in [9.17, 15) is 0 Å². The second kappa shape index (κ2) is 8.11. The maximum Gasteiger partial charge on any atom is 0.169 e. The van der Waals surface area contributed by atoms with E-state index in [4.69, 9.17) is 12.2 Å². The summed E-state index contributed by atoms with van der Waals surface area (Å²) in [6, 6.07) is 21.7. The van der Waals surface area contributed by atoms with Gasteiger partial charge in [0.05, 0.1) is 0 Å². The standard InChI is InChI=1S/C20H24N2S/c23-20(21-19-13-7-8-14-19)22(15-17-9-3-1-4-10-17)16-18-11-5-2-6-12-18/h1-6,9-12,19H,7-8,13-16H2,(H,21,23). The molecule has 0 unspecified atom stereocenters.